The van der Waals surface area contributed by atoms with Crippen molar-refractivity contribution in [2.75, 3.05) is 18.2 Å². The van der Waals surface area contributed by atoms with Crippen LogP contribution in [0.4, 0.5) is 11.4 Å². The zero-order chi connectivity index (χ0) is 24.6. The molecule has 4 aromatic rings. The van der Waals surface area contributed by atoms with Gasteiger partial charge in [-0.25, -0.2) is 4.98 Å². The van der Waals surface area contributed by atoms with Gasteiger partial charge in [-0.05, 0) is 42.2 Å². The van der Waals surface area contributed by atoms with Gasteiger partial charge in [0.05, 0.1) is 24.0 Å². The number of ether oxygens (including phenoxy) is 2. The first kappa shape index (κ1) is 23.1. The molecule has 0 atom stereocenters. The van der Waals surface area contributed by atoms with Crippen molar-refractivity contribution in [3.63, 3.8) is 0 Å². The summed E-state index contributed by atoms with van der Waals surface area (Å²) < 4.78 is 13.3. The fourth-order valence-electron chi connectivity index (χ4n) is 3.87. The summed E-state index contributed by atoms with van der Waals surface area (Å²) >= 11 is 0. The third-order valence-electron chi connectivity index (χ3n) is 5.65. The molecule has 8 nitrogen and oxygen atoms in total. The zero-order valence-corrected chi connectivity index (χ0v) is 20.3. The predicted octanol–water partition coefficient (Wildman–Crippen LogP) is 5.21. The lowest BCUT2D eigenvalue weighted by Gasteiger charge is -2.22. The number of aryl methyl sites for hydroxylation is 2. The van der Waals surface area contributed by atoms with Crippen LogP contribution in [-0.4, -0.2) is 27.6 Å². The number of aromatic nitrogens is 3. The molecule has 4 rings (SSSR count). The highest BCUT2D eigenvalue weighted by molar-refractivity contribution is 6.08. The maximum absolute atomic E-state index is 13.4. The van der Waals surface area contributed by atoms with Crippen LogP contribution < -0.4 is 20.5 Å². The minimum atomic E-state index is -0.286. The van der Waals surface area contributed by atoms with Crippen LogP contribution in [0, 0.1) is 6.92 Å². The van der Waals surface area contributed by atoms with E-state index in [1.54, 1.807) is 23.8 Å². The minimum absolute atomic E-state index is 0.148. The third-order valence-corrected chi connectivity index (χ3v) is 5.65. The van der Waals surface area contributed by atoms with Gasteiger partial charge in [0.1, 0.15) is 11.5 Å². The van der Waals surface area contributed by atoms with Crippen molar-refractivity contribution in [2.45, 2.75) is 33.1 Å². The quantitative estimate of drug-likeness (QED) is 0.397. The Hall–Kier alpha value is -4.07. The minimum Gasteiger partial charge on any atom is -0.492 e. The number of carbonyl (C=O) groups is 1. The molecule has 8 heteroatoms. The first-order valence-corrected chi connectivity index (χ1v) is 10.9. The summed E-state index contributed by atoms with van der Waals surface area (Å²) in [5.74, 6) is 1.79. The molecule has 2 aromatic heterocycles. The SMILES string of the molecule is COc1c(N)cc(C(C)(C)C)cc1NC(=O)c1cc2cccc(Oc3ccnc(C)n3)c2n1C. The number of anilines is 2. The monoisotopic (exact) mass is 459 g/mol. The summed E-state index contributed by atoms with van der Waals surface area (Å²) in [4.78, 5) is 21.8. The number of nitrogens with two attached hydrogens (primary N) is 1. The molecule has 0 radical (unpaired) electrons. The highest BCUT2D eigenvalue weighted by Gasteiger charge is 2.22. The molecule has 176 valence electrons. The van der Waals surface area contributed by atoms with Crippen molar-refractivity contribution in [1.82, 2.24) is 14.5 Å². The van der Waals surface area contributed by atoms with Gasteiger partial charge in [-0.1, -0.05) is 32.9 Å². The van der Waals surface area contributed by atoms with Gasteiger partial charge in [-0.2, -0.15) is 4.98 Å². The number of nitrogens with one attached hydrogen (secondary N) is 1. The summed E-state index contributed by atoms with van der Waals surface area (Å²) in [6.45, 7) is 8.06. The van der Waals surface area contributed by atoms with Gasteiger partial charge < -0.3 is 25.1 Å². The van der Waals surface area contributed by atoms with Crippen molar-refractivity contribution in [3.05, 3.63) is 65.7 Å². The number of hydrogen-bond acceptors (Lipinski definition) is 6. The van der Waals surface area contributed by atoms with E-state index in [2.05, 4.69) is 36.1 Å². The van der Waals surface area contributed by atoms with Crippen molar-refractivity contribution < 1.29 is 14.3 Å². The zero-order valence-electron chi connectivity index (χ0n) is 20.3. The van der Waals surface area contributed by atoms with E-state index in [-0.39, 0.29) is 11.3 Å². The van der Waals surface area contributed by atoms with Crippen LogP contribution in [0.3, 0.4) is 0 Å². The number of nitrogens with zero attached hydrogens (tertiary/aromatic N) is 3. The number of methoxy groups -OCH3 is 1. The van der Waals surface area contributed by atoms with E-state index in [0.29, 0.717) is 40.3 Å². The number of benzene rings is 2. The lowest BCUT2D eigenvalue weighted by atomic mass is 9.86. The second kappa shape index (κ2) is 8.70. The van der Waals surface area contributed by atoms with Gasteiger partial charge in [-0.15, -0.1) is 0 Å². The Balaban J connectivity index is 1.72. The molecule has 0 spiro atoms. The van der Waals surface area contributed by atoms with Gasteiger partial charge in [-0.3, -0.25) is 4.79 Å². The van der Waals surface area contributed by atoms with E-state index in [9.17, 15) is 4.79 Å². The van der Waals surface area contributed by atoms with E-state index >= 15 is 0 Å². The molecule has 0 saturated heterocycles. The average Bonchev–Trinajstić information content (AvgIpc) is 3.10. The Kier molecular flexibility index (Phi) is 5.91. The summed E-state index contributed by atoms with van der Waals surface area (Å²) in [7, 11) is 3.36. The molecule has 0 unspecified atom stereocenters. The van der Waals surface area contributed by atoms with E-state index in [0.717, 1.165) is 16.5 Å². The molecular formula is C26H29N5O3. The van der Waals surface area contributed by atoms with Crippen LogP contribution in [0.15, 0.2) is 48.7 Å². The smallest absolute Gasteiger partial charge is 0.272 e. The standard InChI is InChI=1S/C26H29N5O3/c1-15-28-11-10-22(29-15)34-21-9-7-8-16-12-20(31(5)23(16)21)25(32)30-19-14-17(26(2,3)4)13-18(27)24(19)33-6/h7-14H,27H2,1-6H3,(H,30,32). The molecule has 2 aromatic carbocycles. The summed E-state index contributed by atoms with van der Waals surface area (Å²) in [5, 5.41) is 3.85. The largest absolute Gasteiger partial charge is 0.492 e. The molecule has 0 aliphatic heterocycles. The lowest BCUT2D eigenvalue weighted by molar-refractivity contribution is 0.101. The van der Waals surface area contributed by atoms with Gasteiger partial charge in [0.15, 0.2) is 11.5 Å². The number of amides is 1. The Morgan fingerprint density at radius 2 is 1.91 bits per heavy atom. The molecule has 0 saturated carbocycles. The Morgan fingerprint density at radius 3 is 2.59 bits per heavy atom. The van der Waals surface area contributed by atoms with Crippen LogP contribution in [0.1, 0.15) is 42.6 Å². The van der Waals surface area contributed by atoms with Gasteiger partial charge >= 0.3 is 0 Å². The molecule has 1 amide bonds. The van der Waals surface area contributed by atoms with E-state index in [1.807, 2.05) is 43.4 Å². The number of nitrogen functional groups attached to an aromatic ring is 1. The van der Waals surface area contributed by atoms with Crippen LogP contribution in [0.25, 0.3) is 10.9 Å². The van der Waals surface area contributed by atoms with Crippen LogP contribution in [-0.2, 0) is 12.5 Å². The van der Waals surface area contributed by atoms with Crippen molar-refractivity contribution in [1.29, 1.82) is 0 Å². The Bertz CT molecular complexity index is 1390. The van der Waals surface area contributed by atoms with Crippen LogP contribution in [0.2, 0.25) is 0 Å². The Morgan fingerprint density at radius 1 is 1.15 bits per heavy atom. The molecule has 0 aliphatic rings. The van der Waals surface area contributed by atoms with Crippen molar-refractivity contribution in [3.8, 4) is 17.4 Å². The molecule has 0 fully saturated rings. The van der Waals surface area contributed by atoms with E-state index in [1.165, 1.54) is 7.11 Å². The molecule has 2 heterocycles. The molecule has 34 heavy (non-hydrogen) atoms. The van der Waals surface area contributed by atoms with Gasteiger partial charge in [0.25, 0.3) is 5.91 Å². The number of carbonyl (C=O) groups excluding carboxylic acids is 1. The summed E-state index contributed by atoms with van der Waals surface area (Å²) in [6.07, 6.45) is 1.65. The first-order valence-electron chi connectivity index (χ1n) is 10.9. The van der Waals surface area contributed by atoms with E-state index < -0.39 is 0 Å². The first-order chi connectivity index (χ1) is 16.1. The Labute approximate surface area is 198 Å². The number of rotatable bonds is 5. The molecular weight excluding hydrogens is 430 g/mol. The maximum Gasteiger partial charge on any atom is 0.272 e. The number of hydrogen-bond donors (Lipinski definition) is 2. The van der Waals surface area contributed by atoms with Crippen molar-refractivity contribution >= 4 is 28.2 Å². The maximum atomic E-state index is 13.4. The second-order valence-corrected chi connectivity index (χ2v) is 9.18. The van der Waals surface area contributed by atoms with Crippen LogP contribution in [0.5, 0.6) is 17.4 Å². The normalized spacial score (nSPS) is 11.5. The lowest BCUT2D eigenvalue weighted by Crippen LogP contribution is -2.18. The topological polar surface area (TPSA) is 104 Å². The highest BCUT2D eigenvalue weighted by atomic mass is 16.5. The summed E-state index contributed by atoms with van der Waals surface area (Å²) in [5.41, 5.74) is 9.31. The number of fused-ring (bicyclic) bond motifs is 1. The van der Waals surface area contributed by atoms with Gasteiger partial charge in [0, 0.05) is 24.7 Å². The molecule has 0 bridgehead atoms. The predicted molar refractivity (Wildman–Crippen MR) is 134 cm³/mol. The third kappa shape index (κ3) is 4.39. The highest BCUT2D eigenvalue weighted by Crippen LogP contribution is 2.37. The second-order valence-electron chi connectivity index (χ2n) is 9.18. The van der Waals surface area contributed by atoms with Crippen molar-refractivity contribution in [2.24, 2.45) is 7.05 Å². The fraction of sp³-hybridized carbons (Fsp3) is 0.269. The summed E-state index contributed by atoms with van der Waals surface area (Å²) in [6, 6.07) is 13.0. The van der Waals surface area contributed by atoms with Crippen LogP contribution >= 0.6 is 0 Å². The average molecular weight is 460 g/mol. The van der Waals surface area contributed by atoms with E-state index in [4.69, 9.17) is 15.2 Å². The molecule has 3 N–H and O–H groups in total. The van der Waals surface area contributed by atoms with Gasteiger partial charge in [0.2, 0.25) is 5.88 Å². The fourth-order valence-corrected chi connectivity index (χ4v) is 3.87. The molecule has 0 aliphatic carbocycles. The number of para-hydroxylation sites is 1.